The molecule has 0 atom stereocenters. The molecule has 2 aromatic heterocycles. The summed E-state index contributed by atoms with van der Waals surface area (Å²) in [6.45, 7) is 6.52. The fourth-order valence-corrected chi connectivity index (χ4v) is 2.24. The van der Waals surface area contributed by atoms with Gasteiger partial charge in [-0.2, -0.15) is 0 Å². The number of para-hydroxylation sites is 1. The van der Waals surface area contributed by atoms with Crippen molar-refractivity contribution in [2.24, 2.45) is 0 Å². The van der Waals surface area contributed by atoms with Crippen molar-refractivity contribution in [2.75, 3.05) is 0 Å². The molecule has 0 saturated heterocycles. The van der Waals surface area contributed by atoms with Crippen LogP contribution in [0.15, 0.2) is 48.7 Å². The number of pyridine rings is 1. The lowest BCUT2D eigenvalue weighted by Gasteiger charge is -2.19. The van der Waals surface area contributed by atoms with Crippen LogP contribution >= 0.6 is 0 Å². The van der Waals surface area contributed by atoms with Gasteiger partial charge in [0.05, 0.1) is 0 Å². The molecule has 0 radical (unpaired) electrons. The SMILES string of the molecule is CC(C)(C)c1nc2cccnc2n1-c1ccccc1. The van der Waals surface area contributed by atoms with E-state index in [-0.39, 0.29) is 5.41 Å². The average Bonchev–Trinajstić information content (AvgIpc) is 2.79. The number of imidazole rings is 1. The zero-order chi connectivity index (χ0) is 13.5. The van der Waals surface area contributed by atoms with E-state index in [1.54, 1.807) is 0 Å². The molecule has 0 amide bonds. The summed E-state index contributed by atoms with van der Waals surface area (Å²) < 4.78 is 2.15. The highest BCUT2D eigenvalue weighted by Gasteiger charge is 2.24. The number of fused-ring (bicyclic) bond motifs is 1. The maximum atomic E-state index is 4.76. The standard InChI is InChI=1S/C16H17N3/c1-16(2,3)15-18-13-10-7-11-17-14(13)19(15)12-8-5-4-6-9-12/h4-11H,1-3H3. The van der Waals surface area contributed by atoms with E-state index >= 15 is 0 Å². The molecule has 19 heavy (non-hydrogen) atoms. The quantitative estimate of drug-likeness (QED) is 0.660. The molecule has 0 aliphatic rings. The lowest BCUT2D eigenvalue weighted by molar-refractivity contribution is 0.538. The van der Waals surface area contributed by atoms with Crippen LogP contribution in [0.3, 0.4) is 0 Å². The lowest BCUT2D eigenvalue weighted by atomic mass is 9.95. The molecule has 0 aliphatic heterocycles. The Morgan fingerprint density at radius 2 is 1.68 bits per heavy atom. The summed E-state index contributed by atoms with van der Waals surface area (Å²) in [7, 11) is 0. The number of benzene rings is 1. The molecule has 2 heterocycles. The number of nitrogens with zero attached hydrogens (tertiary/aromatic N) is 3. The molecule has 3 heteroatoms. The monoisotopic (exact) mass is 251 g/mol. The summed E-state index contributed by atoms with van der Waals surface area (Å²) in [5.41, 5.74) is 2.93. The van der Waals surface area contributed by atoms with E-state index < -0.39 is 0 Å². The number of hydrogen-bond donors (Lipinski definition) is 0. The van der Waals surface area contributed by atoms with Crippen LogP contribution in [0.1, 0.15) is 26.6 Å². The van der Waals surface area contributed by atoms with Crippen molar-refractivity contribution in [2.45, 2.75) is 26.2 Å². The predicted molar refractivity (Wildman–Crippen MR) is 77.6 cm³/mol. The number of aromatic nitrogens is 3. The third-order valence-electron chi connectivity index (χ3n) is 3.10. The van der Waals surface area contributed by atoms with Crippen LogP contribution in [0.4, 0.5) is 0 Å². The summed E-state index contributed by atoms with van der Waals surface area (Å²) >= 11 is 0. The Balaban J connectivity index is 2.38. The molecular weight excluding hydrogens is 234 g/mol. The highest BCUT2D eigenvalue weighted by Crippen LogP contribution is 2.28. The van der Waals surface area contributed by atoms with Gasteiger partial charge in [-0.15, -0.1) is 0 Å². The minimum absolute atomic E-state index is 0.0312. The molecule has 0 unspecified atom stereocenters. The normalized spacial score (nSPS) is 11.9. The van der Waals surface area contributed by atoms with Gasteiger partial charge in [0.1, 0.15) is 11.3 Å². The average molecular weight is 251 g/mol. The van der Waals surface area contributed by atoms with Crippen molar-refractivity contribution in [1.82, 2.24) is 14.5 Å². The fourth-order valence-electron chi connectivity index (χ4n) is 2.24. The van der Waals surface area contributed by atoms with Crippen LogP contribution in [0.5, 0.6) is 0 Å². The number of hydrogen-bond acceptors (Lipinski definition) is 2. The van der Waals surface area contributed by atoms with Gasteiger partial charge in [0.2, 0.25) is 0 Å². The maximum Gasteiger partial charge on any atom is 0.164 e. The van der Waals surface area contributed by atoms with Crippen LogP contribution in [0, 0.1) is 0 Å². The van der Waals surface area contributed by atoms with E-state index in [2.05, 4.69) is 42.5 Å². The van der Waals surface area contributed by atoms with Crippen molar-refractivity contribution in [3.05, 3.63) is 54.5 Å². The second-order valence-corrected chi connectivity index (χ2v) is 5.70. The van der Waals surface area contributed by atoms with Gasteiger partial charge in [0, 0.05) is 17.3 Å². The first-order valence-electron chi connectivity index (χ1n) is 6.47. The Bertz CT molecular complexity index is 706. The fraction of sp³-hybridized carbons (Fsp3) is 0.250. The third-order valence-corrected chi connectivity index (χ3v) is 3.10. The molecule has 0 saturated carbocycles. The van der Waals surface area contributed by atoms with Crippen molar-refractivity contribution >= 4 is 11.2 Å². The molecule has 3 rings (SSSR count). The molecule has 0 aliphatic carbocycles. The highest BCUT2D eigenvalue weighted by atomic mass is 15.1. The summed E-state index contributed by atoms with van der Waals surface area (Å²) in [6.07, 6.45) is 1.82. The van der Waals surface area contributed by atoms with E-state index in [9.17, 15) is 0 Å². The van der Waals surface area contributed by atoms with Crippen molar-refractivity contribution in [3.8, 4) is 5.69 Å². The Hall–Kier alpha value is -2.16. The van der Waals surface area contributed by atoms with Gasteiger partial charge in [0.25, 0.3) is 0 Å². The van der Waals surface area contributed by atoms with Gasteiger partial charge >= 0.3 is 0 Å². The van der Waals surface area contributed by atoms with Crippen LogP contribution in [-0.4, -0.2) is 14.5 Å². The smallest absolute Gasteiger partial charge is 0.164 e. The summed E-state index contributed by atoms with van der Waals surface area (Å²) in [6, 6.07) is 14.2. The highest BCUT2D eigenvalue weighted by molar-refractivity contribution is 5.74. The van der Waals surface area contributed by atoms with Crippen molar-refractivity contribution in [1.29, 1.82) is 0 Å². The minimum Gasteiger partial charge on any atom is -0.280 e. The van der Waals surface area contributed by atoms with Gasteiger partial charge in [-0.3, -0.25) is 4.57 Å². The van der Waals surface area contributed by atoms with Crippen LogP contribution in [0.25, 0.3) is 16.9 Å². The minimum atomic E-state index is -0.0312. The molecule has 3 aromatic rings. The molecule has 0 spiro atoms. The Kier molecular flexibility index (Phi) is 2.63. The predicted octanol–water partition coefficient (Wildman–Crippen LogP) is 3.72. The molecule has 96 valence electrons. The molecule has 0 N–H and O–H groups in total. The molecular formula is C16H17N3. The van der Waals surface area contributed by atoms with Gasteiger partial charge in [0.15, 0.2) is 5.65 Å². The first-order chi connectivity index (χ1) is 9.07. The van der Waals surface area contributed by atoms with Crippen molar-refractivity contribution < 1.29 is 0 Å². The molecule has 0 bridgehead atoms. The topological polar surface area (TPSA) is 30.7 Å². The van der Waals surface area contributed by atoms with Crippen LogP contribution in [0.2, 0.25) is 0 Å². The van der Waals surface area contributed by atoms with Gasteiger partial charge in [-0.1, -0.05) is 39.0 Å². The second-order valence-electron chi connectivity index (χ2n) is 5.70. The van der Waals surface area contributed by atoms with Crippen LogP contribution < -0.4 is 0 Å². The zero-order valence-corrected chi connectivity index (χ0v) is 11.5. The van der Waals surface area contributed by atoms with Gasteiger partial charge < -0.3 is 0 Å². The Morgan fingerprint density at radius 1 is 0.947 bits per heavy atom. The Labute approximate surface area is 112 Å². The number of rotatable bonds is 1. The Morgan fingerprint density at radius 3 is 2.37 bits per heavy atom. The van der Waals surface area contributed by atoms with Crippen molar-refractivity contribution in [3.63, 3.8) is 0 Å². The van der Waals surface area contributed by atoms with Gasteiger partial charge in [-0.25, -0.2) is 9.97 Å². The zero-order valence-electron chi connectivity index (χ0n) is 11.5. The lowest BCUT2D eigenvalue weighted by Crippen LogP contribution is -2.18. The summed E-state index contributed by atoms with van der Waals surface area (Å²) in [5, 5.41) is 0. The van der Waals surface area contributed by atoms with Gasteiger partial charge in [-0.05, 0) is 24.3 Å². The first-order valence-corrected chi connectivity index (χ1v) is 6.47. The molecule has 3 nitrogen and oxygen atoms in total. The largest absolute Gasteiger partial charge is 0.280 e. The van der Waals surface area contributed by atoms with Crippen LogP contribution in [-0.2, 0) is 5.41 Å². The third kappa shape index (κ3) is 2.01. The maximum absolute atomic E-state index is 4.76. The van der Waals surface area contributed by atoms with E-state index in [1.165, 1.54) is 0 Å². The van der Waals surface area contributed by atoms with E-state index in [0.29, 0.717) is 0 Å². The second kappa shape index (κ2) is 4.19. The van der Waals surface area contributed by atoms with E-state index in [0.717, 1.165) is 22.7 Å². The van der Waals surface area contributed by atoms with E-state index in [4.69, 9.17) is 4.98 Å². The molecule has 0 fully saturated rings. The summed E-state index contributed by atoms with van der Waals surface area (Å²) in [5.74, 6) is 1.03. The van der Waals surface area contributed by atoms with E-state index in [1.807, 2.05) is 36.5 Å². The molecule has 1 aromatic carbocycles. The first kappa shape index (κ1) is 11.9. The summed E-state index contributed by atoms with van der Waals surface area (Å²) in [4.78, 5) is 9.25.